The average Bonchev–Trinajstić information content (AvgIpc) is 3.39. The molecule has 2 amide bonds. The first kappa shape index (κ1) is 23.9. The lowest BCUT2D eigenvalue weighted by Gasteiger charge is -2.14. The van der Waals surface area contributed by atoms with Crippen molar-refractivity contribution in [2.24, 2.45) is 0 Å². The molecule has 0 bridgehead atoms. The van der Waals surface area contributed by atoms with Crippen molar-refractivity contribution in [3.63, 3.8) is 0 Å². The Morgan fingerprint density at radius 3 is 2.69 bits per heavy atom. The number of aromatic carboxylic acids is 1. The second kappa shape index (κ2) is 11.2. The van der Waals surface area contributed by atoms with Gasteiger partial charge in [-0.2, -0.15) is 4.37 Å². The fourth-order valence-corrected chi connectivity index (χ4v) is 4.13. The lowest BCUT2D eigenvalue weighted by atomic mass is 10.1. The number of ether oxygens (including phenoxy) is 1. The quantitative estimate of drug-likeness (QED) is 0.456. The van der Waals surface area contributed by atoms with Crippen molar-refractivity contribution in [2.75, 3.05) is 31.5 Å². The van der Waals surface area contributed by atoms with Crippen LogP contribution in [0.5, 0.6) is 5.88 Å². The molecule has 1 aromatic heterocycles. The largest absolute Gasteiger partial charge is 0.477 e. The zero-order valence-electron chi connectivity index (χ0n) is 17.7. The zero-order chi connectivity index (χ0) is 23.1. The third-order valence-corrected chi connectivity index (χ3v) is 5.92. The lowest BCUT2D eigenvalue weighted by molar-refractivity contribution is 0.0693. The van der Waals surface area contributed by atoms with Gasteiger partial charge < -0.3 is 20.1 Å². The highest BCUT2D eigenvalue weighted by Gasteiger charge is 2.24. The number of anilines is 1. The Morgan fingerprint density at radius 1 is 1.22 bits per heavy atom. The highest BCUT2D eigenvalue weighted by Crippen LogP contribution is 2.31. The van der Waals surface area contributed by atoms with E-state index >= 15 is 0 Å². The molecule has 0 saturated carbocycles. The number of likely N-dealkylation sites (tertiary alicyclic amines) is 1. The number of hydrogen-bond donors (Lipinski definition) is 3. The van der Waals surface area contributed by atoms with Crippen LogP contribution in [0.25, 0.3) is 0 Å². The number of nitrogens with zero attached hydrogens (tertiary/aromatic N) is 2. The van der Waals surface area contributed by atoms with E-state index in [9.17, 15) is 23.5 Å². The van der Waals surface area contributed by atoms with E-state index < -0.39 is 30.2 Å². The first-order valence-corrected chi connectivity index (χ1v) is 11.2. The Balaban J connectivity index is 1.52. The minimum absolute atomic E-state index is 0.00220. The Kier molecular flexibility index (Phi) is 8.34. The van der Waals surface area contributed by atoms with Gasteiger partial charge in [0.05, 0.1) is 0 Å². The minimum atomic E-state index is -1.36. The number of carbonyl (C=O) groups excluding carboxylic acids is 1. The molecular formula is C21H26F2N4O4S. The van der Waals surface area contributed by atoms with E-state index in [0.29, 0.717) is 6.54 Å². The normalized spacial score (nSPS) is 13.8. The lowest BCUT2D eigenvalue weighted by Crippen LogP contribution is -2.30. The fraction of sp³-hybridized carbons (Fsp3) is 0.476. The van der Waals surface area contributed by atoms with Gasteiger partial charge in [0.25, 0.3) is 0 Å². The zero-order valence-corrected chi connectivity index (χ0v) is 18.6. The van der Waals surface area contributed by atoms with Crippen LogP contribution in [0, 0.1) is 18.6 Å². The number of amides is 2. The summed E-state index contributed by atoms with van der Waals surface area (Å²) in [6, 6.07) is 1.49. The molecule has 2 aromatic rings. The Bertz CT molecular complexity index is 964. The SMILES string of the molecule is Cc1cc(F)c(COc2nsc(NC(=O)NCCCCN3CCCC3)c2C(=O)O)cc1F. The fourth-order valence-electron chi connectivity index (χ4n) is 3.41. The summed E-state index contributed by atoms with van der Waals surface area (Å²) in [5.41, 5.74) is -0.259. The number of rotatable bonds is 10. The first-order chi connectivity index (χ1) is 15.3. The molecule has 1 aromatic carbocycles. The van der Waals surface area contributed by atoms with E-state index in [0.717, 1.165) is 56.1 Å². The maximum atomic E-state index is 14.0. The summed E-state index contributed by atoms with van der Waals surface area (Å²) in [7, 11) is 0. The number of benzene rings is 1. The number of halogens is 2. The average molecular weight is 469 g/mol. The van der Waals surface area contributed by atoms with Crippen LogP contribution in [-0.4, -0.2) is 52.6 Å². The number of nitrogens with one attached hydrogen (secondary N) is 2. The standard InChI is InChI=1S/C21H26F2N4O4S/c1-13-10-16(23)14(11-15(13)22)12-31-18-17(20(28)29)19(32-26-18)25-21(30)24-6-2-3-7-27-8-4-5-9-27/h10-11H,2-9,12H2,1H3,(H,28,29)(H2,24,25,30). The van der Waals surface area contributed by atoms with Gasteiger partial charge in [-0.25, -0.2) is 18.4 Å². The molecule has 0 atom stereocenters. The molecule has 2 heterocycles. The van der Waals surface area contributed by atoms with Gasteiger partial charge in [-0.15, -0.1) is 0 Å². The number of urea groups is 1. The van der Waals surface area contributed by atoms with E-state index in [1.807, 2.05) is 0 Å². The third-order valence-electron chi connectivity index (χ3n) is 5.18. The summed E-state index contributed by atoms with van der Waals surface area (Å²) in [6.07, 6.45) is 4.26. The number of aryl methyl sites for hydroxylation is 1. The molecule has 1 saturated heterocycles. The molecule has 0 spiro atoms. The van der Waals surface area contributed by atoms with Crippen LogP contribution < -0.4 is 15.4 Å². The predicted octanol–water partition coefficient (Wildman–Crippen LogP) is 4.00. The van der Waals surface area contributed by atoms with E-state index in [2.05, 4.69) is 19.9 Å². The van der Waals surface area contributed by atoms with Crippen LogP contribution in [0.3, 0.4) is 0 Å². The van der Waals surface area contributed by atoms with E-state index in [1.54, 1.807) is 0 Å². The van der Waals surface area contributed by atoms with Gasteiger partial charge in [0.1, 0.15) is 23.2 Å². The summed E-state index contributed by atoms with van der Waals surface area (Å²) in [5, 5.41) is 14.7. The van der Waals surface area contributed by atoms with Crippen molar-refractivity contribution in [1.29, 1.82) is 0 Å². The molecule has 3 rings (SSSR count). The molecule has 11 heteroatoms. The van der Waals surface area contributed by atoms with Crippen molar-refractivity contribution in [3.05, 3.63) is 40.5 Å². The second-order valence-electron chi connectivity index (χ2n) is 7.62. The molecule has 1 aliphatic rings. The highest BCUT2D eigenvalue weighted by atomic mass is 32.1. The molecule has 174 valence electrons. The van der Waals surface area contributed by atoms with E-state index in [1.165, 1.54) is 19.8 Å². The van der Waals surface area contributed by atoms with Gasteiger partial charge in [-0.1, -0.05) is 0 Å². The number of unbranched alkanes of at least 4 members (excludes halogenated alkanes) is 1. The monoisotopic (exact) mass is 468 g/mol. The predicted molar refractivity (Wildman–Crippen MR) is 116 cm³/mol. The second-order valence-corrected chi connectivity index (χ2v) is 8.39. The smallest absolute Gasteiger partial charge is 0.344 e. The first-order valence-electron chi connectivity index (χ1n) is 10.4. The Labute approximate surface area is 188 Å². The van der Waals surface area contributed by atoms with Crippen LogP contribution in [0.2, 0.25) is 0 Å². The molecule has 1 aliphatic heterocycles. The van der Waals surface area contributed by atoms with Crippen LogP contribution >= 0.6 is 11.5 Å². The summed E-state index contributed by atoms with van der Waals surface area (Å²) < 4.78 is 36.9. The molecule has 3 N–H and O–H groups in total. The van der Waals surface area contributed by atoms with Crippen LogP contribution in [0.15, 0.2) is 12.1 Å². The molecule has 0 aliphatic carbocycles. The molecule has 8 nitrogen and oxygen atoms in total. The Hall–Kier alpha value is -2.79. The summed E-state index contributed by atoms with van der Waals surface area (Å²) >= 11 is 0.736. The number of carboxylic acid groups (broad SMARTS) is 1. The van der Waals surface area contributed by atoms with E-state index in [-0.39, 0.29) is 27.6 Å². The van der Waals surface area contributed by atoms with Crippen LogP contribution in [-0.2, 0) is 6.61 Å². The van der Waals surface area contributed by atoms with Gasteiger partial charge in [-0.3, -0.25) is 5.32 Å². The number of carboxylic acids is 1. The Morgan fingerprint density at radius 2 is 1.97 bits per heavy atom. The minimum Gasteiger partial charge on any atom is -0.477 e. The van der Waals surface area contributed by atoms with Gasteiger partial charge in [-0.05, 0) is 81.5 Å². The van der Waals surface area contributed by atoms with Gasteiger partial charge in [0.15, 0.2) is 5.56 Å². The molecular weight excluding hydrogens is 442 g/mol. The topological polar surface area (TPSA) is 104 Å². The van der Waals surface area contributed by atoms with Gasteiger partial charge >= 0.3 is 12.0 Å². The highest BCUT2D eigenvalue weighted by molar-refractivity contribution is 7.11. The maximum absolute atomic E-state index is 14.0. The summed E-state index contributed by atoms with van der Waals surface area (Å²) in [6.45, 7) is 4.76. The summed E-state index contributed by atoms with van der Waals surface area (Å²) in [4.78, 5) is 26.2. The van der Waals surface area contributed by atoms with Crippen molar-refractivity contribution >= 4 is 28.5 Å². The summed E-state index contributed by atoms with van der Waals surface area (Å²) in [5.74, 6) is -2.89. The molecule has 1 fully saturated rings. The maximum Gasteiger partial charge on any atom is 0.344 e. The van der Waals surface area contributed by atoms with Crippen molar-refractivity contribution in [3.8, 4) is 5.88 Å². The number of hydrogen-bond acceptors (Lipinski definition) is 6. The molecule has 0 unspecified atom stereocenters. The van der Waals surface area contributed by atoms with E-state index in [4.69, 9.17) is 4.74 Å². The van der Waals surface area contributed by atoms with Gasteiger partial charge in [0, 0.05) is 12.1 Å². The van der Waals surface area contributed by atoms with Gasteiger partial charge in [0.2, 0.25) is 5.88 Å². The van der Waals surface area contributed by atoms with Crippen LogP contribution in [0.4, 0.5) is 18.6 Å². The van der Waals surface area contributed by atoms with Crippen molar-refractivity contribution < 1.29 is 28.2 Å². The van der Waals surface area contributed by atoms with Crippen molar-refractivity contribution in [2.45, 2.75) is 39.2 Å². The molecule has 32 heavy (non-hydrogen) atoms. The van der Waals surface area contributed by atoms with Crippen molar-refractivity contribution in [1.82, 2.24) is 14.6 Å². The number of aromatic nitrogens is 1. The number of carbonyl (C=O) groups is 2. The van der Waals surface area contributed by atoms with Crippen LogP contribution in [0.1, 0.15) is 47.2 Å². The third kappa shape index (κ3) is 6.36. The molecule has 0 radical (unpaired) electrons.